The van der Waals surface area contributed by atoms with E-state index in [4.69, 9.17) is 0 Å². The van der Waals surface area contributed by atoms with E-state index in [1.54, 1.807) is 4.68 Å². The third kappa shape index (κ3) is 1.94. The zero-order valence-electron chi connectivity index (χ0n) is 9.64. The lowest BCUT2D eigenvalue weighted by molar-refractivity contribution is 0.437. The SMILES string of the molecule is CCCn1cc(-c2ccccc2C)c(O)n1. The Hall–Kier alpha value is -1.77. The standard InChI is InChI=1S/C13H16N2O/c1-3-8-15-9-12(13(16)14-15)11-7-5-4-6-10(11)2/h4-7,9H,3,8H2,1-2H3,(H,14,16). The minimum atomic E-state index is 0.114. The number of aryl methyl sites for hydroxylation is 2. The Labute approximate surface area is 95.3 Å². The third-order valence-corrected chi connectivity index (χ3v) is 2.63. The van der Waals surface area contributed by atoms with Gasteiger partial charge in [-0.05, 0) is 24.5 Å². The molecule has 2 rings (SSSR count). The molecule has 0 aliphatic heterocycles. The first-order chi connectivity index (χ1) is 7.72. The molecule has 0 amide bonds. The molecule has 3 nitrogen and oxygen atoms in total. The molecule has 0 saturated carbocycles. The van der Waals surface area contributed by atoms with Crippen LogP contribution in [0.25, 0.3) is 11.1 Å². The smallest absolute Gasteiger partial charge is 0.238 e. The number of nitrogens with zero attached hydrogens (tertiary/aromatic N) is 2. The molecule has 84 valence electrons. The maximum Gasteiger partial charge on any atom is 0.238 e. The summed E-state index contributed by atoms with van der Waals surface area (Å²) >= 11 is 0. The average Bonchev–Trinajstić information content (AvgIpc) is 2.61. The molecule has 16 heavy (non-hydrogen) atoms. The molecule has 3 heteroatoms. The van der Waals surface area contributed by atoms with E-state index in [1.807, 2.05) is 37.4 Å². The minimum absolute atomic E-state index is 0.114. The predicted molar refractivity (Wildman–Crippen MR) is 64.4 cm³/mol. The molecule has 1 N–H and O–H groups in total. The van der Waals surface area contributed by atoms with Gasteiger partial charge in [-0.2, -0.15) is 0 Å². The number of aromatic nitrogens is 2. The summed E-state index contributed by atoms with van der Waals surface area (Å²) in [7, 11) is 0. The molecule has 1 aromatic carbocycles. The van der Waals surface area contributed by atoms with E-state index in [1.165, 1.54) is 0 Å². The van der Waals surface area contributed by atoms with Crippen LogP contribution in [0.1, 0.15) is 18.9 Å². The molecule has 0 unspecified atom stereocenters. The molecule has 1 aromatic heterocycles. The van der Waals surface area contributed by atoms with Crippen molar-refractivity contribution >= 4 is 0 Å². The normalized spacial score (nSPS) is 10.6. The second kappa shape index (κ2) is 4.39. The van der Waals surface area contributed by atoms with Crippen molar-refractivity contribution in [3.63, 3.8) is 0 Å². The maximum absolute atomic E-state index is 9.80. The van der Waals surface area contributed by atoms with Gasteiger partial charge >= 0.3 is 0 Å². The topological polar surface area (TPSA) is 38.0 Å². The highest BCUT2D eigenvalue weighted by Crippen LogP contribution is 2.30. The summed E-state index contributed by atoms with van der Waals surface area (Å²) in [6.07, 6.45) is 2.91. The Morgan fingerprint density at radius 1 is 1.25 bits per heavy atom. The number of benzene rings is 1. The van der Waals surface area contributed by atoms with Crippen LogP contribution in [-0.4, -0.2) is 14.9 Å². The second-order valence-corrected chi connectivity index (χ2v) is 3.94. The monoisotopic (exact) mass is 216 g/mol. The zero-order chi connectivity index (χ0) is 11.5. The molecule has 0 aliphatic rings. The first-order valence-corrected chi connectivity index (χ1v) is 5.54. The van der Waals surface area contributed by atoms with E-state index in [0.29, 0.717) is 0 Å². The van der Waals surface area contributed by atoms with E-state index in [2.05, 4.69) is 12.0 Å². The van der Waals surface area contributed by atoms with Gasteiger partial charge in [0.1, 0.15) is 0 Å². The van der Waals surface area contributed by atoms with Crippen LogP contribution in [0.5, 0.6) is 5.88 Å². The van der Waals surface area contributed by atoms with Crippen molar-refractivity contribution in [1.82, 2.24) is 9.78 Å². The van der Waals surface area contributed by atoms with Crippen molar-refractivity contribution in [3.05, 3.63) is 36.0 Å². The Bertz CT molecular complexity index is 488. The van der Waals surface area contributed by atoms with Crippen LogP contribution in [-0.2, 0) is 6.54 Å². The van der Waals surface area contributed by atoms with Crippen molar-refractivity contribution in [1.29, 1.82) is 0 Å². The highest BCUT2D eigenvalue weighted by Gasteiger charge is 2.10. The van der Waals surface area contributed by atoms with Gasteiger partial charge in [0.15, 0.2) is 0 Å². The summed E-state index contributed by atoms with van der Waals surface area (Å²) in [5, 5.41) is 13.9. The molecular formula is C13H16N2O. The summed E-state index contributed by atoms with van der Waals surface area (Å²) in [6.45, 7) is 4.96. The van der Waals surface area contributed by atoms with Gasteiger partial charge < -0.3 is 5.11 Å². The molecule has 0 spiro atoms. The van der Waals surface area contributed by atoms with Crippen molar-refractivity contribution in [2.75, 3.05) is 0 Å². The fourth-order valence-corrected chi connectivity index (χ4v) is 1.82. The molecule has 0 aliphatic carbocycles. The van der Waals surface area contributed by atoms with E-state index < -0.39 is 0 Å². The minimum Gasteiger partial charge on any atom is -0.492 e. The van der Waals surface area contributed by atoms with Crippen LogP contribution in [0, 0.1) is 6.92 Å². The summed E-state index contributed by atoms with van der Waals surface area (Å²) in [5.74, 6) is 0.114. The molecule has 0 radical (unpaired) electrons. The lowest BCUT2D eigenvalue weighted by Crippen LogP contribution is -1.95. The molecular weight excluding hydrogens is 200 g/mol. The van der Waals surface area contributed by atoms with E-state index in [9.17, 15) is 5.11 Å². The number of rotatable bonds is 3. The summed E-state index contributed by atoms with van der Waals surface area (Å²) < 4.78 is 1.79. The predicted octanol–water partition coefficient (Wildman–Crippen LogP) is 2.97. The van der Waals surface area contributed by atoms with Crippen molar-refractivity contribution in [2.45, 2.75) is 26.8 Å². The van der Waals surface area contributed by atoms with E-state index in [0.717, 1.165) is 29.7 Å². The van der Waals surface area contributed by atoms with Gasteiger partial charge in [0.05, 0.1) is 5.56 Å². The third-order valence-electron chi connectivity index (χ3n) is 2.63. The Morgan fingerprint density at radius 2 is 2.00 bits per heavy atom. The van der Waals surface area contributed by atoms with Gasteiger partial charge in [-0.25, -0.2) is 0 Å². The van der Waals surface area contributed by atoms with Crippen molar-refractivity contribution in [2.24, 2.45) is 0 Å². The van der Waals surface area contributed by atoms with E-state index >= 15 is 0 Å². The van der Waals surface area contributed by atoms with Crippen molar-refractivity contribution < 1.29 is 5.11 Å². The van der Waals surface area contributed by atoms with Gasteiger partial charge in [0.2, 0.25) is 5.88 Å². The van der Waals surface area contributed by atoms with Gasteiger partial charge in [-0.3, -0.25) is 4.68 Å². The van der Waals surface area contributed by atoms with Gasteiger partial charge in [-0.15, -0.1) is 5.10 Å². The lowest BCUT2D eigenvalue weighted by atomic mass is 10.0. The first kappa shape index (κ1) is 10.7. The van der Waals surface area contributed by atoms with Crippen molar-refractivity contribution in [3.8, 4) is 17.0 Å². The fraction of sp³-hybridized carbons (Fsp3) is 0.308. The van der Waals surface area contributed by atoms with Gasteiger partial charge in [-0.1, -0.05) is 31.2 Å². The van der Waals surface area contributed by atoms with Crippen LogP contribution in [0.4, 0.5) is 0 Å². The number of hydrogen-bond donors (Lipinski definition) is 1. The number of aromatic hydroxyl groups is 1. The Balaban J connectivity index is 2.44. The molecule has 0 saturated heterocycles. The fourth-order valence-electron chi connectivity index (χ4n) is 1.82. The van der Waals surface area contributed by atoms with Crippen LogP contribution < -0.4 is 0 Å². The average molecular weight is 216 g/mol. The van der Waals surface area contributed by atoms with Crippen LogP contribution in [0.2, 0.25) is 0 Å². The van der Waals surface area contributed by atoms with Crippen LogP contribution >= 0.6 is 0 Å². The zero-order valence-corrected chi connectivity index (χ0v) is 9.64. The Kier molecular flexibility index (Phi) is 2.95. The summed E-state index contributed by atoms with van der Waals surface area (Å²) in [4.78, 5) is 0. The second-order valence-electron chi connectivity index (χ2n) is 3.94. The quantitative estimate of drug-likeness (QED) is 0.856. The van der Waals surface area contributed by atoms with E-state index in [-0.39, 0.29) is 5.88 Å². The summed E-state index contributed by atoms with van der Waals surface area (Å²) in [5.41, 5.74) is 3.00. The van der Waals surface area contributed by atoms with Gasteiger partial charge in [0, 0.05) is 12.7 Å². The highest BCUT2D eigenvalue weighted by molar-refractivity contribution is 5.70. The first-order valence-electron chi connectivity index (χ1n) is 5.54. The lowest BCUT2D eigenvalue weighted by Gasteiger charge is -2.01. The largest absolute Gasteiger partial charge is 0.492 e. The summed E-state index contributed by atoms with van der Waals surface area (Å²) in [6, 6.07) is 8.00. The molecule has 0 bridgehead atoms. The number of hydrogen-bond acceptors (Lipinski definition) is 2. The maximum atomic E-state index is 9.80. The van der Waals surface area contributed by atoms with Crippen LogP contribution in [0.15, 0.2) is 30.5 Å². The molecule has 1 heterocycles. The molecule has 0 atom stereocenters. The molecule has 2 aromatic rings. The Morgan fingerprint density at radius 3 is 2.69 bits per heavy atom. The van der Waals surface area contributed by atoms with Crippen LogP contribution in [0.3, 0.4) is 0 Å². The highest BCUT2D eigenvalue weighted by atomic mass is 16.3. The van der Waals surface area contributed by atoms with Gasteiger partial charge in [0.25, 0.3) is 0 Å². The molecule has 0 fully saturated rings.